The van der Waals surface area contributed by atoms with Crippen LogP contribution in [0.25, 0.3) is 0 Å². The highest BCUT2D eigenvalue weighted by molar-refractivity contribution is 5.93. The molecule has 7 heteroatoms. The summed E-state index contributed by atoms with van der Waals surface area (Å²) in [5.41, 5.74) is 4.84. The van der Waals surface area contributed by atoms with Crippen molar-refractivity contribution in [1.29, 1.82) is 0 Å². The van der Waals surface area contributed by atoms with E-state index in [-0.39, 0.29) is 18.4 Å². The van der Waals surface area contributed by atoms with Gasteiger partial charge in [-0.25, -0.2) is 4.79 Å². The molecule has 0 spiro atoms. The SMILES string of the molecule is CN(CCC(=O)NC(N)=O)CC1CNCCO1. The Labute approximate surface area is 101 Å². The minimum atomic E-state index is -0.808. The van der Waals surface area contributed by atoms with Crippen molar-refractivity contribution in [3.05, 3.63) is 0 Å². The van der Waals surface area contributed by atoms with Gasteiger partial charge in [0.2, 0.25) is 5.91 Å². The maximum Gasteiger partial charge on any atom is 0.318 e. The second kappa shape index (κ2) is 7.21. The zero-order valence-electron chi connectivity index (χ0n) is 10.1. The van der Waals surface area contributed by atoms with E-state index in [4.69, 9.17) is 10.5 Å². The van der Waals surface area contributed by atoms with Gasteiger partial charge in [-0.05, 0) is 7.05 Å². The van der Waals surface area contributed by atoms with Gasteiger partial charge in [0, 0.05) is 32.6 Å². The third-order valence-corrected chi connectivity index (χ3v) is 2.50. The van der Waals surface area contributed by atoms with Crippen LogP contribution in [0.3, 0.4) is 0 Å². The van der Waals surface area contributed by atoms with Gasteiger partial charge in [0.1, 0.15) is 0 Å². The van der Waals surface area contributed by atoms with Crippen LogP contribution < -0.4 is 16.4 Å². The lowest BCUT2D eigenvalue weighted by Gasteiger charge is -2.27. The van der Waals surface area contributed by atoms with Crippen LogP contribution in [0.15, 0.2) is 0 Å². The molecule has 98 valence electrons. The second-order valence-electron chi connectivity index (χ2n) is 4.12. The molecular formula is C10H20N4O3. The fourth-order valence-corrected chi connectivity index (χ4v) is 1.67. The number of primary amides is 1. The Balaban J connectivity index is 2.13. The molecule has 7 nitrogen and oxygen atoms in total. The highest BCUT2D eigenvalue weighted by Gasteiger charge is 2.15. The third kappa shape index (κ3) is 6.20. The number of urea groups is 1. The zero-order chi connectivity index (χ0) is 12.7. The number of morpholine rings is 1. The van der Waals surface area contributed by atoms with E-state index in [0.29, 0.717) is 6.54 Å². The minimum absolute atomic E-state index is 0.160. The van der Waals surface area contributed by atoms with E-state index >= 15 is 0 Å². The second-order valence-corrected chi connectivity index (χ2v) is 4.12. The first-order valence-corrected chi connectivity index (χ1v) is 5.68. The van der Waals surface area contributed by atoms with Crippen molar-refractivity contribution in [2.45, 2.75) is 12.5 Å². The van der Waals surface area contributed by atoms with Crippen molar-refractivity contribution in [1.82, 2.24) is 15.5 Å². The molecule has 0 radical (unpaired) electrons. The Morgan fingerprint density at radius 1 is 1.59 bits per heavy atom. The van der Waals surface area contributed by atoms with Crippen molar-refractivity contribution < 1.29 is 14.3 Å². The highest BCUT2D eigenvalue weighted by Crippen LogP contribution is 1.99. The number of hydrogen-bond donors (Lipinski definition) is 3. The summed E-state index contributed by atoms with van der Waals surface area (Å²) in [5.74, 6) is -0.355. The van der Waals surface area contributed by atoms with Gasteiger partial charge in [0.15, 0.2) is 0 Å². The van der Waals surface area contributed by atoms with Crippen LogP contribution in [0.1, 0.15) is 6.42 Å². The molecular weight excluding hydrogens is 224 g/mol. The highest BCUT2D eigenvalue weighted by atomic mass is 16.5. The topological polar surface area (TPSA) is 96.7 Å². The van der Waals surface area contributed by atoms with Crippen molar-refractivity contribution in [3.8, 4) is 0 Å². The molecule has 0 aromatic heterocycles. The Morgan fingerprint density at radius 2 is 2.35 bits per heavy atom. The number of carbonyl (C=O) groups excluding carboxylic acids is 2. The number of nitrogens with one attached hydrogen (secondary N) is 2. The average molecular weight is 244 g/mol. The van der Waals surface area contributed by atoms with Crippen LogP contribution >= 0.6 is 0 Å². The number of amides is 3. The standard InChI is InChI=1S/C10H20N4O3/c1-14(4-2-9(15)13-10(11)16)7-8-6-12-3-5-17-8/h8,12H,2-7H2,1H3,(H3,11,13,15,16). The van der Waals surface area contributed by atoms with Crippen LogP contribution in [0, 0.1) is 0 Å². The predicted octanol–water partition coefficient (Wildman–Crippen LogP) is -1.51. The summed E-state index contributed by atoms with van der Waals surface area (Å²) in [4.78, 5) is 23.6. The van der Waals surface area contributed by atoms with E-state index in [1.165, 1.54) is 0 Å². The van der Waals surface area contributed by atoms with E-state index in [1.54, 1.807) is 0 Å². The van der Waals surface area contributed by atoms with Gasteiger partial charge in [-0.1, -0.05) is 0 Å². The van der Waals surface area contributed by atoms with Gasteiger partial charge in [-0.15, -0.1) is 0 Å². The van der Waals surface area contributed by atoms with E-state index in [9.17, 15) is 9.59 Å². The summed E-state index contributed by atoms with van der Waals surface area (Å²) in [7, 11) is 1.91. The van der Waals surface area contributed by atoms with Gasteiger partial charge >= 0.3 is 6.03 Å². The molecule has 17 heavy (non-hydrogen) atoms. The lowest BCUT2D eigenvalue weighted by Crippen LogP contribution is -2.45. The summed E-state index contributed by atoms with van der Waals surface area (Å²) < 4.78 is 5.54. The van der Waals surface area contributed by atoms with Gasteiger partial charge in [0.05, 0.1) is 12.7 Å². The molecule has 0 saturated carbocycles. The van der Waals surface area contributed by atoms with Crippen molar-refractivity contribution >= 4 is 11.9 Å². The number of ether oxygens (including phenoxy) is 1. The number of nitrogens with two attached hydrogens (primary N) is 1. The first-order valence-electron chi connectivity index (χ1n) is 5.68. The molecule has 0 aromatic rings. The summed E-state index contributed by atoms with van der Waals surface area (Å²) in [6.45, 7) is 3.77. The van der Waals surface area contributed by atoms with Crippen LogP contribution in [-0.4, -0.2) is 62.8 Å². The van der Waals surface area contributed by atoms with E-state index in [1.807, 2.05) is 17.3 Å². The van der Waals surface area contributed by atoms with E-state index in [2.05, 4.69) is 5.32 Å². The Morgan fingerprint density at radius 3 is 2.94 bits per heavy atom. The lowest BCUT2D eigenvalue weighted by atomic mass is 10.2. The molecule has 1 rings (SSSR count). The Hall–Kier alpha value is -1.18. The third-order valence-electron chi connectivity index (χ3n) is 2.50. The zero-order valence-corrected chi connectivity index (χ0v) is 10.1. The van der Waals surface area contributed by atoms with E-state index < -0.39 is 6.03 Å². The fraction of sp³-hybridized carbons (Fsp3) is 0.800. The van der Waals surface area contributed by atoms with Crippen LogP contribution in [0.4, 0.5) is 4.79 Å². The van der Waals surface area contributed by atoms with Crippen LogP contribution in [-0.2, 0) is 9.53 Å². The molecule has 1 aliphatic heterocycles. The molecule has 1 saturated heterocycles. The summed E-state index contributed by atoms with van der Waals surface area (Å²) in [6.07, 6.45) is 0.410. The molecule has 1 heterocycles. The van der Waals surface area contributed by atoms with E-state index in [0.717, 1.165) is 26.2 Å². The van der Waals surface area contributed by atoms with Crippen molar-refractivity contribution in [2.24, 2.45) is 5.73 Å². The van der Waals surface area contributed by atoms with Crippen LogP contribution in [0.2, 0.25) is 0 Å². The van der Waals surface area contributed by atoms with Gasteiger partial charge < -0.3 is 20.7 Å². The number of likely N-dealkylation sites (N-methyl/N-ethyl adjacent to an activating group) is 1. The molecule has 1 unspecified atom stereocenters. The van der Waals surface area contributed by atoms with Gasteiger partial charge in [0.25, 0.3) is 0 Å². The number of hydrogen-bond acceptors (Lipinski definition) is 5. The number of carbonyl (C=O) groups is 2. The molecule has 0 bridgehead atoms. The Kier molecular flexibility index (Phi) is 5.88. The predicted molar refractivity (Wildman–Crippen MR) is 62.4 cm³/mol. The molecule has 3 amide bonds. The molecule has 0 aromatic carbocycles. The monoisotopic (exact) mass is 244 g/mol. The fourth-order valence-electron chi connectivity index (χ4n) is 1.67. The molecule has 1 aliphatic rings. The quantitative estimate of drug-likeness (QED) is 0.546. The first-order chi connectivity index (χ1) is 8.08. The number of imide groups is 1. The molecule has 1 atom stereocenters. The molecule has 1 fully saturated rings. The summed E-state index contributed by atoms with van der Waals surface area (Å²) >= 11 is 0. The summed E-state index contributed by atoms with van der Waals surface area (Å²) in [5, 5.41) is 5.27. The smallest absolute Gasteiger partial charge is 0.318 e. The molecule has 0 aliphatic carbocycles. The van der Waals surface area contributed by atoms with Crippen LogP contribution in [0.5, 0.6) is 0 Å². The lowest BCUT2D eigenvalue weighted by molar-refractivity contribution is -0.120. The number of rotatable bonds is 5. The average Bonchev–Trinajstić information content (AvgIpc) is 2.27. The molecule has 4 N–H and O–H groups in total. The van der Waals surface area contributed by atoms with Gasteiger partial charge in [-0.2, -0.15) is 0 Å². The summed E-state index contributed by atoms with van der Waals surface area (Å²) in [6, 6.07) is -0.808. The largest absolute Gasteiger partial charge is 0.374 e. The number of nitrogens with zero attached hydrogens (tertiary/aromatic N) is 1. The maximum atomic E-state index is 11.2. The van der Waals surface area contributed by atoms with Crippen molar-refractivity contribution in [3.63, 3.8) is 0 Å². The Bertz CT molecular complexity index is 266. The normalized spacial score (nSPS) is 20.2. The van der Waals surface area contributed by atoms with Gasteiger partial charge in [-0.3, -0.25) is 10.1 Å². The van der Waals surface area contributed by atoms with Crippen molar-refractivity contribution in [2.75, 3.05) is 39.8 Å². The first kappa shape index (κ1) is 13.9. The minimum Gasteiger partial charge on any atom is -0.374 e. The maximum absolute atomic E-state index is 11.2.